The first-order valence-corrected chi connectivity index (χ1v) is 7.72. The molecule has 2 unspecified atom stereocenters. The molecule has 2 bridgehead atoms. The van der Waals surface area contributed by atoms with Gasteiger partial charge in [0, 0.05) is 30.9 Å². The van der Waals surface area contributed by atoms with Crippen LogP contribution in [0.4, 0.5) is 5.69 Å². The number of piperidine rings is 1. The lowest BCUT2D eigenvalue weighted by molar-refractivity contribution is 0.0264. The minimum Gasteiger partial charge on any atom is -0.368 e. The minimum atomic E-state index is 0.630. The van der Waals surface area contributed by atoms with E-state index < -0.39 is 0 Å². The van der Waals surface area contributed by atoms with Crippen molar-refractivity contribution >= 4 is 5.69 Å². The fourth-order valence-corrected chi connectivity index (χ4v) is 3.08. The Morgan fingerprint density at radius 1 is 1.00 bits per heavy atom. The standard InChI is InChI=1S/C15H22N2.C2H6/c1-11(2)12-4-6-13(7-5-12)17-9-14-8-15(10-17)16(14)3;1-2/h4-7,11,14-15H,8-10H2,1-3H3;1-2H3. The minimum absolute atomic E-state index is 0.630. The van der Waals surface area contributed by atoms with Crippen LogP contribution in [0.2, 0.25) is 0 Å². The molecule has 4 rings (SSSR count). The number of fused-ring (bicyclic) bond motifs is 2. The Kier molecular flexibility index (Phi) is 4.51. The molecule has 3 aliphatic rings. The highest BCUT2D eigenvalue weighted by atomic mass is 15.3. The van der Waals surface area contributed by atoms with Crippen LogP contribution in [0.3, 0.4) is 0 Å². The van der Waals surface area contributed by atoms with Gasteiger partial charge >= 0.3 is 0 Å². The van der Waals surface area contributed by atoms with Gasteiger partial charge in [-0.15, -0.1) is 0 Å². The van der Waals surface area contributed by atoms with Crippen LogP contribution in [0.25, 0.3) is 0 Å². The normalized spacial score (nSPS) is 25.7. The zero-order valence-electron chi connectivity index (χ0n) is 13.1. The van der Waals surface area contributed by atoms with Gasteiger partial charge in [0.2, 0.25) is 0 Å². The summed E-state index contributed by atoms with van der Waals surface area (Å²) >= 11 is 0. The summed E-state index contributed by atoms with van der Waals surface area (Å²) in [6.07, 6.45) is 1.40. The Morgan fingerprint density at radius 3 is 1.95 bits per heavy atom. The van der Waals surface area contributed by atoms with Gasteiger partial charge in [0.1, 0.15) is 0 Å². The average Bonchev–Trinajstić information content (AvgIpc) is 2.49. The van der Waals surface area contributed by atoms with Crippen molar-refractivity contribution in [2.24, 2.45) is 0 Å². The van der Waals surface area contributed by atoms with Crippen molar-refractivity contribution in [1.82, 2.24) is 4.90 Å². The molecule has 0 radical (unpaired) electrons. The smallest absolute Gasteiger partial charge is 0.0367 e. The summed E-state index contributed by atoms with van der Waals surface area (Å²) in [6.45, 7) is 10.9. The van der Waals surface area contributed by atoms with Gasteiger partial charge in [-0.25, -0.2) is 0 Å². The van der Waals surface area contributed by atoms with Crippen molar-refractivity contribution in [3.05, 3.63) is 29.8 Å². The summed E-state index contributed by atoms with van der Waals surface area (Å²) < 4.78 is 0. The lowest BCUT2D eigenvalue weighted by atomic mass is 9.88. The fourth-order valence-electron chi connectivity index (χ4n) is 3.08. The second-order valence-corrected chi connectivity index (χ2v) is 5.86. The number of anilines is 1. The number of benzene rings is 1. The lowest BCUT2D eigenvalue weighted by Gasteiger charge is -2.55. The van der Waals surface area contributed by atoms with Gasteiger partial charge in [0.15, 0.2) is 0 Å². The predicted octanol–water partition coefficient (Wildman–Crippen LogP) is 3.73. The van der Waals surface area contributed by atoms with Crippen LogP contribution in [-0.2, 0) is 0 Å². The van der Waals surface area contributed by atoms with E-state index in [0.717, 1.165) is 12.1 Å². The van der Waals surface area contributed by atoms with Crippen molar-refractivity contribution in [2.75, 3.05) is 25.0 Å². The summed E-state index contributed by atoms with van der Waals surface area (Å²) in [5.74, 6) is 0.630. The molecule has 0 saturated carbocycles. The Morgan fingerprint density at radius 2 is 1.53 bits per heavy atom. The van der Waals surface area contributed by atoms with Crippen LogP contribution in [0.15, 0.2) is 24.3 Å². The molecule has 2 atom stereocenters. The molecule has 0 aromatic heterocycles. The highest BCUT2D eigenvalue weighted by Crippen LogP contribution is 2.33. The molecule has 1 aromatic rings. The Labute approximate surface area is 118 Å². The third-order valence-electron chi connectivity index (χ3n) is 4.48. The molecule has 0 amide bonds. The first-order valence-electron chi connectivity index (χ1n) is 7.72. The monoisotopic (exact) mass is 260 g/mol. The van der Waals surface area contributed by atoms with E-state index in [4.69, 9.17) is 0 Å². The third-order valence-corrected chi connectivity index (χ3v) is 4.48. The Hall–Kier alpha value is -1.02. The summed E-state index contributed by atoms with van der Waals surface area (Å²) in [7, 11) is 2.26. The van der Waals surface area contributed by atoms with Crippen molar-refractivity contribution in [2.45, 2.75) is 52.1 Å². The highest BCUT2D eigenvalue weighted by Gasteiger charge is 2.41. The van der Waals surface area contributed by atoms with Crippen LogP contribution in [0.1, 0.15) is 45.6 Å². The van der Waals surface area contributed by atoms with Crippen molar-refractivity contribution in [1.29, 1.82) is 0 Å². The third kappa shape index (κ3) is 2.79. The molecule has 3 fully saturated rings. The largest absolute Gasteiger partial charge is 0.368 e. The topological polar surface area (TPSA) is 6.48 Å². The van der Waals surface area contributed by atoms with Crippen LogP contribution >= 0.6 is 0 Å². The van der Waals surface area contributed by atoms with Gasteiger partial charge in [-0.1, -0.05) is 39.8 Å². The number of rotatable bonds is 2. The van der Waals surface area contributed by atoms with E-state index in [-0.39, 0.29) is 0 Å². The van der Waals surface area contributed by atoms with E-state index >= 15 is 0 Å². The maximum Gasteiger partial charge on any atom is 0.0367 e. The molecule has 0 N–H and O–H groups in total. The van der Waals surface area contributed by atoms with E-state index in [0.29, 0.717) is 5.92 Å². The Balaban J connectivity index is 0.000000637. The fraction of sp³-hybridized carbons (Fsp3) is 0.647. The molecule has 3 heterocycles. The molecular formula is C17H28N2. The van der Waals surface area contributed by atoms with Gasteiger partial charge in [-0.05, 0) is 37.1 Å². The molecule has 2 nitrogen and oxygen atoms in total. The summed E-state index contributed by atoms with van der Waals surface area (Å²) in [5.41, 5.74) is 2.84. The van der Waals surface area contributed by atoms with Gasteiger partial charge in [-0.3, -0.25) is 4.90 Å². The zero-order chi connectivity index (χ0) is 14.0. The van der Waals surface area contributed by atoms with E-state index in [2.05, 4.69) is 55.0 Å². The summed E-state index contributed by atoms with van der Waals surface area (Å²) in [6, 6.07) is 10.7. The van der Waals surface area contributed by atoms with Crippen LogP contribution in [0, 0.1) is 0 Å². The van der Waals surface area contributed by atoms with E-state index in [1.54, 1.807) is 0 Å². The first-order chi connectivity index (χ1) is 9.15. The SMILES string of the molecule is CC.CC(C)c1ccc(N2CC3CC(C2)N3C)cc1. The average molecular weight is 260 g/mol. The molecule has 3 saturated heterocycles. The van der Waals surface area contributed by atoms with E-state index in [1.165, 1.54) is 30.8 Å². The van der Waals surface area contributed by atoms with E-state index in [9.17, 15) is 0 Å². The van der Waals surface area contributed by atoms with Crippen LogP contribution in [0.5, 0.6) is 0 Å². The predicted molar refractivity (Wildman–Crippen MR) is 84.0 cm³/mol. The number of likely N-dealkylation sites (N-methyl/N-ethyl adjacent to an activating group) is 1. The molecule has 2 heteroatoms. The number of hydrogen-bond donors (Lipinski definition) is 0. The zero-order valence-corrected chi connectivity index (χ0v) is 13.1. The second kappa shape index (κ2) is 5.96. The van der Waals surface area contributed by atoms with Gasteiger partial charge < -0.3 is 4.90 Å². The van der Waals surface area contributed by atoms with Crippen molar-refractivity contribution in [3.8, 4) is 0 Å². The molecule has 0 aliphatic carbocycles. The molecule has 0 spiro atoms. The van der Waals surface area contributed by atoms with Gasteiger partial charge in [-0.2, -0.15) is 0 Å². The molecular weight excluding hydrogens is 232 g/mol. The Bertz CT molecular complexity index is 384. The van der Waals surface area contributed by atoms with Crippen molar-refractivity contribution < 1.29 is 0 Å². The molecule has 1 aromatic carbocycles. The molecule has 106 valence electrons. The van der Waals surface area contributed by atoms with E-state index in [1.807, 2.05) is 13.8 Å². The quantitative estimate of drug-likeness (QED) is 0.799. The summed E-state index contributed by atoms with van der Waals surface area (Å²) in [5, 5.41) is 0. The maximum absolute atomic E-state index is 2.54. The van der Waals surface area contributed by atoms with Crippen molar-refractivity contribution in [3.63, 3.8) is 0 Å². The van der Waals surface area contributed by atoms with Gasteiger partial charge in [0.05, 0.1) is 0 Å². The number of nitrogens with zero attached hydrogens (tertiary/aromatic N) is 2. The van der Waals surface area contributed by atoms with Gasteiger partial charge in [0.25, 0.3) is 0 Å². The van der Waals surface area contributed by atoms with Crippen LogP contribution in [-0.4, -0.2) is 37.1 Å². The summed E-state index contributed by atoms with van der Waals surface area (Å²) in [4.78, 5) is 5.07. The first kappa shape index (κ1) is 14.4. The maximum atomic E-state index is 2.54. The molecule has 19 heavy (non-hydrogen) atoms. The molecule has 3 aliphatic heterocycles. The number of piperazine rings is 1. The lowest BCUT2D eigenvalue weighted by Crippen LogP contribution is -2.67. The highest BCUT2D eigenvalue weighted by molar-refractivity contribution is 5.49. The van der Waals surface area contributed by atoms with Crippen LogP contribution < -0.4 is 4.90 Å². The number of hydrogen-bond acceptors (Lipinski definition) is 2. The second-order valence-electron chi connectivity index (χ2n) is 5.86.